The predicted molar refractivity (Wildman–Crippen MR) is 78.0 cm³/mol. The average molecular weight is 324 g/mol. The first kappa shape index (κ1) is 14.2. The van der Waals surface area contributed by atoms with Crippen LogP contribution in [-0.2, 0) is 13.5 Å². The zero-order valence-corrected chi connectivity index (χ0v) is 13.2. The molecule has 2 heterocycles. The van der Waals surface area contributed by atoms with Crippen LogP contribution in [0, 0.1) is 20.8 Å². The van der Waals surface area contributed by atoms with Crippen LogP contribution in [0.3, 0.4) is 0 Å². The predicted octanol–water partition coefficient (Wildman–Crippen LogP) is 2.78. The number of rotatable bonds is 3. The van der Waals surface area contributed by atoms with E-state index in [4.69, 9.17) is 0 Å². The minimum Gasteiger partial charge on any atom is -0.388 e. The van der Waals surface area contributed by atoms with E-state index in [-0.39, 0.29) is 0 Å². The zero-order chi connectivity index (χ0) is 14.2. The van der Waals surface area contributed by atoms with Gasteiger partial charge in [0.25, 0.3) is 0 Å². The van der Waals surface area contributed by atoms with E-state index in [0.29, 0.717) is 6.42 Å². The summed E-state index contributed by atoms with van der Waals surface area (Å²) >= 11 is 3.52. The Labute approximate surface area is 121 Å². The summed E-state index contributed by atoms with van der Waals surface area (Å²) in [6.45, 7) is 5.82. The first-order valence-electron chi connectivity index (χ1n) is 6.19. The van der Waals surface area contributed by atoms with Gasteiger partial charge in [-0.1, -0.05) is 0 Å². The van der Waals surface area contributed by atoms with Crippen LogP contribution in [0.4, 0.5) is 0 Å². The Kier molecular flexibility index (Phi) is 4.06. The topological polar surface area (TPSA) is 50.9 Å². The maximum atomic E-state index is 10.4. The van der Waals surface area contributed by atoms with Gasteiger partial charge in [0.05, 0.1) is 22.0 Å². The van der Waals surface area contributed by atoms with Crippen molar-refractivity contribution in [2.24, 2.45) is 7.05 Å². The Hall–Kier alpha value is -1.20. The summed E-state index contributed by atoms with van der Waals surface area (Å²) in [5.41, 5.74) is 4.68. The molecule has 2 rings (SSSR count). The van der Waals surface area contributed by atoms with Gasteiger partial charge in [0.15, 0.2) is 0 Å². The van der Waals surface area contributed by atoms with Gasteiger partial charge in [-0.2, -0.15) is 5.10 Å². The van der Waals surface area contributed by atoms with E-state index < -0.39 is 6.10 Å². The molecule has 0 aromatic carbocycles. The number of aliphatic hydroxyl groups excluding tert-OH is 1. The minimum absolute atomic E-state index is 0.529. The van der Waals surface area contributed by atoms with Gasteiger partial charge >= 0.3 is 0 Å². The van der Waals surface area contributed by atoms with E-state index in [1.54, 1.807) is 0 Å². The van der Waals surface area contributed by atoms with Crippen molar-refractivity contribution in [2.45, 2.75) is 33.3 Å². The van der Waals surface area contributed by atoms with Crippen molar-refractivity contribution in [1.82, 2.24) is 14.8 Å². The molecule has 2 aromatic heterocycles. The molecule has 19 heavy (non-hydrogen) atoms. The van der Waals surface area contributed by atoms with Crippen molar-refractivity contribution in [3.63, 3.8) is 0 Å². The van der Waals surface area contributed by atoms with Crippen LogP contribution >= 0.6 is 15.9 Å². The summed E-state index contributed by atoms with van der Waals surface area (Å²) in [5.74, 6) is 0. The normalized spacial score (nSPS) is 12.7. The smallest absolute Gasteiger partial charge is 0.0847 e. The van der Waals surface area contributed by atoms with Gasteiger partial charge in [0.2, 0.25) is 0 Å². The number of aliphatic hydroxyl groups is 1. The highest BCUT2D eigenvalue weighted by Gasteiger charge is 2.17. The molecule has 0 spiro atoms. The van der Waals surface area contributed by atoms with Gasteiger partial charge in [-0.3, -0.25) is 9.67 Å². The number of halogens is 1. The Morgan fingerprint density at radius 2 is 1.84 bits per heavy atom. The van der Waals surface area contributed by atoms with E-state index in [1.807, 2.05) is 44.6 Å². The highest BCUT2D eigenvalue weighted by molar-refractivity contribution is 9.10. The van der Waals surface area contributed by atoms with Crippen LogP contribution in [0.2, 0.25) is 0 Å². The molecule has 2 aromatic rings. The second-order valence-electron chi connectivity index (χ2n) is 4.87. The molecule has 0 saturated heterocycles. The summed E-state index contributed by atoms with van der Waals surface area (Å²) in [6.07, 6.45) is -0.0209. The average Bonchev–Trinajstić information content (AvgIpc) is 2.54. The second-order valence-corrected chi connectivity index (χ2v) is 5.67. The molecular formula is C14H18BrN3O. The molecule has 0 amide bonds. The van der Waals surface area contributed by atoms with Gasteiger partial charge in [0, 0.05) is 24.9 Å². The van der Waals surface area contributed by atoms with Crippen LogP contribution in [0.25, 0.3) is 0 Å². The summed E-state index contributed by atoms with van der Waals surface area (Å²) in [4.78, 5) is 4.33. The van der Waals surface area contributed by atoms with Crippen LogP contribution in [0.5, 0.6) is 0 Å². The quantitative estimate of drug-likeness (QED) is 0.944. The lowest BCUT2D eigenvalue weighted by atomic mass is 10.0. The molecule has 1 N–H and O–H groups in total. The lowest BCUT2D eigenvalue weighted by molar-refractivity contribution is 0.175. The van der Waals surface area contributed by atoms with E-state index in [1.165, 1.54) is 0 Å². The first-order valence-corrected chi connectivity index (χ1v) is 6.99. The van der Waals surface area contributed by atoms with E-state index in [0.717, 1.165) is 32.8 Å². The lowest BCUT2D eigenvalue weighted by Gasteiger charge is -2.13. The highest BCUT2D eigenvalue weighted by atomic mass is 79.9. The van der Waals surface area contributed by atoms with Crippen LogP contribution in [0.15, 0.2) is 16.6 Å². The van der Waals surface area contributed by atoms with Gasteiger partial charge in [-0.15, -0.1) is 0 Å². The Morgan fingerprint density at radius 3 is 2.32 bits per heavy atom. The Bertz CT molecular complexity index is 587. The third-order valence-corrected chi connectivity index (χ3v) is 4.17. The number of pyridine rings is 1. The van der Waals surface area contributed by atoms with Crippen molar-refractivity contribution in [3.8, 4) is 0 Å². The molecule has 0 fully saturated rings. The highest BCUT2D eigenvalue weighted by Crippen LogP contribution is 2.26. The fourth-order valence-electron chi connectivity index (χ4n) is 2.26. The molecule has 0 aliphatic rings. The fourth-order valence-corrected chi connectivity index (χ4v) is 2.76. The first-order chi connectivity index (χ1) is 8.88. The number of hydrogen-bond donors (Lipinski definition) is 1. The van der Waals surface area contributed by atoms with Crippen molar-refractivity contribution >= 4 is 15.9 Å². The summed E-state index contributed by atoms with van der Waals surface area (Å²) < 4.78 is 2.78. The van der Waals surface area contributed by atoms with Crippen molar-refractivity contribution < 1.29 is 5.11 Å². The third-order valence-electron chi connectivity index (χ3n) is 3.14. The van der Waals surface area contributed by atoms with Crippen LogP contribution < -0.4 is 0 Å². The molecular weight excluding hydrogens is 306 g/mol. The zero-order valence-electron chi connectivity index (χ0n) is 11.6. The Balaban J connectivity index is 2.27. The van der Waals surface area contributed by atoms with Gasteiger partial charge < -0.3 is 5.11 Å². The lowest BCUT2D eigenvalue weighted by Crippen LogP contribution is -2.08. The third kappa shape index (κ3) is 3.04. The van der Waals surface area contributed by atoms with Crippen molar-refractivity contribution in [2.75, 3.05) is 0 Å². The van der Waals surface area contributed by atoms with E-state index in [2.05, 4.69) is 26.0 Å². The van der Waals surface area contributed by atoms with E-state index in [9.17, 15) is 5.11 Å². The molecule has 0 aliphatic heterocycles. The standard InChI is InChI=1S/C14H18BrN3O/c1-8-5-11(6-9(2)16-8)13(19)7-12-14(15)10(3)17-18(12)4/h5-6,13,19H,7H2,1-4H3. The number of hydrogen-bond acceptors (Lipinski definition) is 3. The number of aryl methyl sites for hydroxylation is 4. The molecule has 4 nitrogen and oxygen atoms in total. The van der Waals surface area contributed by atoms with Gasteiger partial charge in [-0.25, -0.2) is 0 Å². The fraction of sp³-hybridized carbons (Fsp3) is 0.429. The van der Waals surface area contributed by atoms with Crippen LogP contribution in [-0.4, -0.2) is 19.9 Å². The summed E-state index contributed by atoms with van der Waals surface area (Å²) in [7, 11) is 1.89. The van der Waals surface area contributed by atoms with Gasteiger partial charge in [0.1, 0.15) is 0 Å². The minimum atomic E-state index is -0.550. The SMILES string of the molecule is Cc1cc(C(O)Cc2c(Br)c(C)nn2C)cc(C)n1. The second kappa shape index (κ2) is 5.43. The molecule has 1 atom stereocenters. The Morgan fingerprint density at radius 1 is 1.26 bits per heavy atom. The molecule has 0 radical (unpaired) electrons. The number of nitrogens with zero attached hydrogens (tertiary/aromatic N) is 3. The molecule has 102 valence electrons. The largest absolute Gasteiger partial charge is 0.388 e. The number of aromatic nitrogens is 3. The monoisotopic (exact) mass is 323 g/mol. The molecule has 0 saturated carbocycles. The molecule has 0 aliphatic carbocycles. The summed E-state index contributed by atoms with van der Waals surface area (Å²) in [5, 5.41) is 14.7. The van der Waals surface area contributed by atoms with Crippen LogP contribution in [0.1, 0.15) is 34.4 Å². The molecule has 5 heteroatoms. The molecule has 0 bridgehead atoms. The van der Waals surface area contributed by atoms with Gasteiger partial charge in [-0.05, 0) is 54.4 Å². The maximum Gasteiger partial charge on any atom is 0.0847 e. The van der Waals surface area contributed by atoms with Crippen molar-refractivity contribution in [3.05, 3.63) is 44.9 Å². The van der Waals surface area contributed by atoms with Crippen molar-refractivity contribution in [1.29, 1.82) is 0 Å². The molecule has 1 unspecified atom stereocenters. The maximum absolute atomic E-state index is 10.4. The summed E-state index contributed by atoms with van der Waals surface area (Å²) in [6, 6.07) is 3.85. The van der Waals surface area contributed by atoms with E-state index >= 15 is 0 Å².